The molecule has 1 saturated carbocycles. The number of esters is 2. The monoisotopic (exact) mass is 386 g/mol. The average Bonchev–Trinajstić information content (AvgIpc) is 2.92. The predicted molar refractivity (Wildman–Crippen MR) is 107 cm³/mol. The van der Waals surface area contributed by atoms with Crippen molar-refractivity contribution in [1.82, 2.24) is 0 Å². The highest BCUT2D eigenvalue weighted by atomic mass is 16.6. The van der Waals surface area contributed by atoms with Crippen LogP contribution in [-0.4, -0.2) is 24.6 Å². The maximum absolute atomic E-state index is 13.1. The molecule has 3 rings (SSSR count). The quantitative estimate of drug-likeness (QED) is 0.684. The molecule has 152 valence electrons. The van der Waals surface area contributed by atoms with E-state index in [0.29, 0.717) is 35.5 Å². The molecule has 0 N–H and O–H groups in total. The van der Waals surface area contributed by atoms with E-state index in [2.05, 4.69) is 0 Å². The van der Waals surface area contributed by atoms with Gasteiger partial charge in [-0.1, -0.05) is 33.3 Å². The van der Waals surface area contributed by atoms with Crippen molar-refractivity contribution in [2.45, 2.75) is 71.8 Å². The Morgan fingerprint density at radius 1 is 1.21 bits per heavy atom. The van der Waals surface area contributed by atoms with E-state index in [4.69, 9.17) is 14.2 Å². The Kier molecular flexibility index (Phi) is 5.82. The molecule has 1 aromatic carbocycles. The van der Waals surface area contributed by atoms with Crippen LogP contribution in [-0.2, 0) is 25.5 Å². The number of hydrogen-bond donors (Lipinski definition) is 0. The number of methoxy groups -OCH3 is 1. The van der Waals surface area contributed by atoms with Gasteiger partial charge >= 0.3 is 11.9 Å². The molecule has 28 heavy (non-hydrogen) atoms. The van der Waals surface area contributed by atoms with Gasteiger partial charge in [0.2, 0.25) is 0 Å². The first-order chi connectivity index (χ1) is 13.3. The summed E-state index contributed by atoms with van der Waals surface area (Å²) in [5, 5.41) is 0. The van der Waals surface area contributed by atoms with E-state index in [1.165, 1.54) is 0 Å². The summed E-state index contributed by atoms with van der Waals surface area (Å²) >= 11 is 0. The van der Waals surface area contributed by atoms with Gasteiger partial charge in [0.15, 0.2) is 11.4 Å². The first-order valence-corrected chi connectivity index (χ1v) is 10.2. The Labute approximate surface area is 167 Å². The topological polar surface area (TPSA) is 61.8 Å². The van der Waals surface area contributed by atoms with Crippen molar-refractivity contribution >= 4 is 17.5 Å². The predicted octanol–water partition coefficient (Wildman–Crippen LogP) is 4.74. The molecule has 5 heteroatoms. The van der Waals surface area contributed by atoms with Crippen LogP contribution in [0.25, 0.3) is 5.57 Å². The zero-order chi connectivity index (χ0) is 20.5. The summed E-state index contributed by atoms with van der Waals surface area (Å²) in [6, 6.07) is 3.95. The van der Waals surface area contributed by atoms with Crippen molar-refractivity contribution in [2.75, 3.05) is 7.11 Å². The van der Waals surface area contributed by atoms with Crippen LogP contribution in [0.5, 0.6) is 5.75 Å². The fraction of sp³-hybridized carbons (Fsp3) is 0.565. The Morgan fingerprint density at radius 3 is 2.46 bits per heavy atom. The van der Waals surface area contributed by atoms with Crippen LogP contribution in [0.1, 0.15) is 69.6 Å². The Morgan fingerprint density at radius 2 is 1.89 bits per heavy atom. The van der Waals surface area contributed by atoms with Gasteiger partial charge in [0.25, 0.3) is 0 Å². The molecule has 0 unspecified atom stereocenters. The third kappa shape index (κ3) is 3.54. The second-order valence-corrected chi connectivity index (χ2v) is 8.08. The fourth-order valence-electron chi connectivity index (χ4n) is 4.17. The molecule has 0 saturated heterocycles. The van der Waals surface area contributed by atoms with Crippen molar-refractivity contribution in [2.24, 2.45) is 5.92 Å². The standard InChI is InChI=1S/C23H30O5/c1-6-16-12-15(4)13-17(26-5)18(16)19-20(27-21(24)14(2)3)23(28-22(19)25)10-8-7-9-11-23/h12-14H,6-11H2,1-5H3. The Bertz CT molecular complexity index is 787. The maximum atomic E-state index is 13.1. The Hall–Kier alpha value is -2.30. The highest BCUT2D eigenvalue weighted by molar-refractivity contribution is 6.21. The van der Waals surface area contributed by atoms with Crippen molar-refractivity contribution in [3.8, 4) is 5.75 Å². The summed E-state index contributed by atoms with van der Waals surface area (Å²) in [7, 11) is 1.59. The maximum Gasteiger partial charge on any atom is 0.343 e. The second kappa shape index (κ2) is 7.98. The van der Waals surface area contributed by atoms with Crippen molar-refractivity contribution < 1.29 is 23.8 Å². The van der Waals surface area contributed by atoms with Crippen LogP contribution in [0, 0.1) is 12.8 Å². The zero-order valence-corrected chi connectivity index (χ0v) is 17.5. The third-order valence-electron chi connectivity index (χ3n) is 5.65. The van der Waals surface area contributed by atoms with Crippen molar-refractivity contribution in [1.29, 1.82) is 0 Å². The van der Waals surface area contributed by atoms with Crippen molar-refractivity contribution in [3.05, 3.63) is 34.6 Å². The van der Waals surface area contributed by atoms with Crippen LogP contribution >= 0.6 is 0 Å². The molecule has 1 heterocycles. The molecule has 1 aliphatic heterocycles. The summed E-state index contributed by atoms with van der Waals surface area (Å²) in [5.74, 6) is -0.0802. The zero-order valence-electron chi connectivity index (χ0n) is 17.5. The van der Waals surface area contributed by atoms with E-state index in [1.807, 2.05) is 26.0 Å². The van der Waals surface area contributed by atoms with Gasteiger partial charge in [-0.05, 0) is 56.2 Å². The van der Waals surface area contributed by atoms with Gasteiger partial charge in [0, 0.05) is 5.56 Å². The van der Waals surface area contributed by atoms with Gasteiger partial charge in [-0.2, -0.15) is 0 Å². The third-order valence-corrected chi connectivity index (χ3v) is 5.65. The number of benzene rings is 1. The molecule has 1 fully saturated rings. The molecule has 0 bridgehead atoms. The molecule has 0 aromatic heterocycles. The summed E-state index contributed by atoms with van der Waals surface area (Å²) in [6.07, 6.45) is 5.05. The molecular formula is C23H30O5. The number of carbonyl (C=O) groups excluding carboxylic acids is 2. The van der Waals surface area contributed by atoms with Gasteiger partial charge in [0.1, 0.15) is 11.3 Å². The van der Waals surface area contributed by atoms with Crippen LogP contribution in [0.4, 0.5) is 0 Å². The van der Waals surface area contributed by atoms with E-state index < -0.39 is 11.6 Å². The largest absolute Gasteiger partial charge is 0.496 e. The summed E-state index contributed by atoms with van der Waals surface area (Å²) in [4.78, 5) is 25.6. The normalized spacial score (nSPS) is 18.6. The van der Waals surface area contributed by atoms with E-state index >= 15 is 0 Å². The molecule has 5 nitrogen and oxygen atoms in total. The molecule has 0 radical (unpaired) electrons. The molecule has 0 atom stereocenters. The first-order valence-electron chi connectivity index (χ1n) is 10.2. The lowest BCUT2D eigenvalue weighted by Gasteiger charge is -2.33. The van der Waals surface area contributed by atoms with E-state index in [-0.39, 0.29) is 11.9 Å². The molecule has 1 spiro atoms. The van der Waals surface area contributed by atoms with E-state index in [9.17, 15) is 9.59 Å². The summed E-state index contributed by atoms with van der Waals surface area (Å²) < 4.78 is 17.4. The van der Waals surface area contributed by atoms with Gasteiger partial charge in [-0.25, -0.2) is 4.79 Å². The molecule has 0 amide bonds. The van der Waals surface area contributed by atoms with Crippen LogP contribution < -0.4 is 4.74 Å². The molecule has 1 aromatic rings. The van der Waals surface area contributed by atoms with Crippen LogP contribution in [0.3, 0.4) is 0 Å². The minimum atomic E-state index is -0.837. The van der Waals surface area contributed by atoms with Gasteiger partial charge in [0.05, 0.1) is 13.0 Å². The lowest BCUT2D eigenvalue weighted by atomic mass is 9.81. The highest BCUT2D eigenvalue weighted by Gasteiger charge is 2.52. The molecule has 2 aliphatic rings. The minimum Gasteiger partial charge on any atom is -0.496 e. The van der Waals surface area contributed by atoms with Crippen LogP contribution in [0.2, 0.25) is 0 Å². The SMILES string of the molecule is CCc1cc(C)cc(OC)c1C1=C(OC(=O)C(C)C)C2(CCCCC2)OC1=O. The smallest absolute Gasteiger partial charge is 0.343 e. The van der Waals surface area contributed by atoms with E-state index in [1.54, 1.807) is 21.0 Å². The lowest BCUT2D eigenvalue weighted by molar-refractivity contribution is -0.156. The summed E-state index contributed by atoms with van der Waals surface area (Å²) in [5.41, 5.74) is 2.24. The highest BCUT2D eigenvalue weighted by Crippen LogP contribution is 2.49. The average molecular weight is 386 g/mol. The number of hydrogen-bond acceptors (Lipinski definition) is 5. The lowest BCUT2D eigenvalue weighted by Crippen LogP contribution is -2.36. The van der Waals surface area contributed by atoms with Gasteiger partial charge < -0.3 is 14.2 Å². The second-order valence-electron chi connectivity index (χ2n) is 8.08. The fourth-order valence-corrected chi connectivity index (χ4v) is 4.17. The number of rotatable bonds is 5. The van der Waals surface area contributed by atoms with Crippen LogP contribution in [0.15, 0.2) is 17.9 Å². The number of aryl methyl sites for hydroxylation is 2. The number of ether oxygens (including phenoxy) is 3. The van der Waals surface area contributed by atoms with Gasteiger partial charge in [-0.15, -0.1) is 0 Å². The summed E-state index contributed by atoms with van der Waals surface area (Å²) in [6.45, 7) is 7.61. The Balaban J connectivity index is 2.25. The number of carbonyl (C=O) groups is 2. The van der Waals surface area contributed by atoms with Crippen molar-refractivity contribution in [3.63, 3.8) is 0 Å². The molecule has 1 aliphatic carbocycles. The minimum absolute atomic E-state index is 0.296. The molecular weight excluding hydrogens is 356 g/mol. The van der Waals surface area contributed by atoms with E-state index in [0.717, 1.165) is 36.8 Å². The van der Waals surface area contributed by atoms with Gasteiger partial charge in [-0.3, -0.25) is 4.79 Å². The first kappa shape index (κ1) is 20.4.